The third-order valence-corrected chi connectivity index (χ3v) is 5.26. The number of nitrogens with two attached hydrogens (primary N) is 1. The van der Waals surface area contributed by atoms with Crippen LogP contribution in [0.3, 0.4) is 0 Å². The minimum absolute atomic E-state index is 0.111. The lowest BCUT2D eigenvalue weighted by atomic mass is 9.98. The summed E-state index contributed by atoms with van der Waals surface area (Å²) in [6.07, 6.45) is 6.96. The Hall–Kier alpha value is -2.05. The molecule has 0 radical (unpaired) electrons. The Bertz CT molecular complexity index is 609. The second-order valence-electron chi connectivity index (χ2n) is 7.01. The number of rotatable bonds is 4. The summed E-state index contributed by atoms with van der Waals surface area (Å²) >= 11 is 0. The molecule has 0 aromatic carbocycles. The van der Waals surface area contributed by atoms with Gasteiger partial charge in [0.15, 0.2) is 11.6 Å². The van der Waals surface area contributed by atoms with Gasteiger partial charge in [-0.15, -0.1) is 0 Å². The molecule has 0 bridgehead atoms. The normalized spacial score (nSPS) is 24.2. The van der Waals surface area contributed by atoms with Gasteiger partial charge in [-0.05, 0) is 46.0 Å². The molecule has 7 heteroatoms. The molecule has 2 fully saturated rings. The fourth-order valence-electron chi connectivity index (χ4n) is 3.89. The van der Waals surface area contributed by atoms with Crippen LogP contribution in [0.5, 0.6) is 0 Å². The highest BCUT2D eigenvalue weighted by Crippen LogP contribution is 2.34. The number of hydrogen-bond donors (Lipinski definition) is 1. The van der Waals surface area contributed by atoms with Crippen LogP contribution in [0.2, 0.25) is 0 Å². The van der Waals surface area contributed by atoms with Crippen molar-refractivity contribution in [3.63, 3.8) is 0 Å². The summed E-state index contributed by atoms with van der Waals surface area (Å²) in [5.74, 6) is 1.34. The Balaban J connectivity index is 1.80. The van der Waals surface area contributed by atoms with E-state index in [1.807, 2.05) is 6.92 Å². The molecule has 25 heavy (non-hydrogen) atoms. The van der Waals surface area contributed by atoms with Crippen molar-refractivity contribution >= 4 is 23.3 Å². The number of carbonyl (C=O) groups excluding carboxylic acids is 1. The van der Waals surface area contributed by atoms with Gasteiger partial charge in [-0.25, -0.2) is 9.97 Å². The molecule has 1 aromatic heterocycles. The van der Waals surface area contributed by atoms with Gasteiger partial charge < -0.3 is 20.3 Å². The van der Waals surface area contributed by atoms with Gasteiger partial charge in [0.2, 0.25) is 0 Å². The van der Waals surface area contributed by atoms with Crippen molar-refractivity contribution in [2.75, 3.05) is 41.8 Å². The third kappa shape index (κ3) is 3.80. The molecule has 1 aromatic rings. The third-order valence-electron chi connectivity index (χ3n) is 5.26. The van der Waals surface area contributed by atoms with Crippen LogP contribution in [0.1, 0.15) is 46.0 Å². The molecular weight excluding hydrogens is 318 g/mol. The molecule has 0 saturated carbocycles. The number of anilines is 3. The molecule has 0 amide bonds. The lowest BCUT2D eigenvalue weighted by Crippen LogP contribution is -2.41. The van der Waals surface area contributed by atoms with Gasteiger partial charge in [-0.2, -0.15) is 0 Å². The van der Waals surface area contributed by atoms with Gasteiger partial charge in [0.25, 0.3) is 0 Å². The fourth-order valence-corrected chi connectivity index (χ4v) is 3.89. The van der Waals surface area contributed by atoms with E-state index in [0.29, 0.717) is 24.9 Å². The minimum atomic E-state index is -0.121. The maximum absolute atomic E-state index is 12.1. The second-order valence-corrected chi connectivity index (χ2v) is 7.01. The maximum atomic E-state index is 12.1. The fraction of sp³-hybridized carbons (Fsp3) is 0.722. The van der Waals surface area contributed by atoms with E-state index in [1.54, 1.807) is 6.33 Å². The Morgan fingerprint density at radius 2 is 2.04 bits per heavy atom. The first-order valence-corrected chi connectivity index (χ1v) is 9.40. The molecule has 0 aliphatic carbocycles. The highest BCUT2D eigenvalue weighted by atomic mass is 16.5. The SMILES string of the molecule is CCOC(=O)C1CCCN(c2ncnc(N3CCCCC3C)c2N)C1. The molecule has 2 saturated heterocycles. The summed E-state index contributed by atoms with van der Waals surface area (Å²) in [7, 11) is 0. The number of esters is 1. The predicted octanol–water partition coefficient (Wildman–Crippen LogP) is 2.22. The summed E-state index contributed by atoms with van der Waals surface area (Å²) in [5, 5.41) is 0. The van der Waals surface area contributed by atoms with E-state index >= 15 is 0 Å². The van der Waals surface area contributed by atoms with E-state index < -0.39 is 0 Å². The van der Waals surface area contributed by atoms with Crippen LogP contribution in [0.15, 0.2) is 6.33 Å². The van der Waals surface area contributed by atoms with Crippen molar-refractivity contribution in [2.24, 2.45) is 5.92 Å². The van der Waals surface area contributed by atoms with Gasteiger partial charge in [0.05, 0.1) is 12.5 Å². The Morgan fingerprint density at radius 1 is 1.24 bits per heavy atom. The first-order valence-electron chi connectivity index (χ1n) is 9.40. The molecule has 2 unspecified atom stereocenters. The lowest BCUT2D eigenvalue weighted by molar-refractivity contribution is -0.148. The summed E-state index contributed by atoms with van der Waals surface area (Å²) < 4.78 is 5.19. The molecule has 2 N–H and O–H groups in total. The Morgan fingerprint density at radius 3 is 2.80 bits per heavy atom. The van der Waals surface area contributed by atoms with Gasteiger partial charge in [-0.1, -0.05) is 0 Å². The minimum Gasteiger partial charge on any atom is -0.466 e. The van der Waals surface area contributed by atoms with Crippen LogP contribution in [-0.2, 0) is 9.53 Å². The van der Waals surface area contributed by atoms with E-state index in [-0.39, 0.29) is 11.9 Å². The van der Waals surface area contributed by atoms with Crippen molar-refractivity contribution in [3.05, 3.63) is 6.33 Å². The lowest BCUT2D eigenvalue weighted by Gasteiger charge is -2.37. The van der Waals surface area contributed by atoms with Crippen molar-refractivity contribution in [3.8, 4) is 0 Å². The quantitative estimate of drug-likeness (QED) is 0.836. The van der Waals surface area contributed by atoms with Crippen LogP contribution in [0.25, 0.3) is 0 Å². The predicted molar refractivity (Wildman–Crippen MR) is 98.7 cm³/mol. The number of hydrogen-bond acceptors (Lipinski definition) is 7. The average molecular weight is 347 g/mol. The van der Waals surface area contributed by atoms with Crippen LogP contribution in [-0.4, -0.2) is 48.2 Å². The molecule has 2 aliphatic heterocycles. The van der Waals surface area contributed by atoms with Gasteiger partial charge in [0, 0.05) is 25.7 Å². The Labute approximate surface area is 149 Å². The molecule has 7 nitrogen and oxygen atoms in total. The number of aromatic nitrogens is 2. The van der Waals surface area contributed by atoms with Crippen molar-refractivity contribution in [1.29, 1.82) is 0 Å². The zero-order valence-corrected chi connectivity index (χ0v) is 15.3. The number of ether oxygens (including phenoxy) is 1. The smallest absolute Gasteiger partial charge is 0.310 e. The largest absolute Gasteiger partial charge is 0.466 e. The van der Waals surface area contributed by atoms with Gasteiger partial charge in [-0.3, -0.25) is 4.79 Å². The molecule has 2 atom stereocenters. The summed E-state index contributed by atoms with van der Waals surface area (Å²) in [4.78, 5) is 25.4. The summed E-state index contributed by atoms with van der Waals surface area (Å²) in [5.41, 5.74) is 7.09. The van der Waals surface area contributed by atoms with E-state index in [2.05, 4.69) is 26.7 Å². The van der Waals surface area contributed by atoms with Crippen molar-refractivity contribution in [2.45, 2.75) is 52.0 Å². The van der Waals surface area contributed by atoms with E-state index in [9.17, 15) is 4.79 Å². The zero-order chi connectivity index (χ0) is 17.8. The van der Waals surface area contributed by atoms with Crippen LogP contribution in [0, 0.1) is 5.92 Å². The standard InChI is InChI=1S/C18H29N5O2/c1-3-25-18(24)14-8-6-9-22(11-14)16-15(19)17(21-12-20-16)23-10-5-4-7-13(23)2/h12-14H,3-11,19H2,1-2H3. The van der Waals surface area contributed by atoms with Gasteiger partial charge >= 0.3 is 5.97 Å². The van der Waals surface area contributed by atoms with E-state index in [0.717, 1.165) is 50.4 Å². The Kier molecular flexibility index (Phi) is 5.60. The zero-order valence-electron chi connectivity index (χ0n) is 15.3. The highest BCUT2D eigenvalue weighted by molar-refractivity contribution is 5.78. The molecule has 2 aliphatic rings. The first kappa shape index (κ1) is 17.8. The summed E-state index contributed by atoms with van der Waals surface area (Å²) in [6.45, 7) is 6.92. The second kappa shape index (κ2) is 7.89. The molecular formula is C18H29N5O2. The van der Waals surface area contributed by atoms with E-state index in [1.165, 1.54) is 6.42 Å². The number of piperidine rings is 2. The van der Waals surface area contributed by atoms with Gasteiger partial charge in [0.1, 0.15) is 12.0 Å². The van der Waals surface area contributed by atoms with Crippen LogP contribution >= 0.6 is 0 Å². The van der Waals surface area contributed by atoms with Crippen LogP contribution < -0.4 is 15.5 Å². The number of nitrogens with zero attached hydrogens (tertiary/aromatic N) is 4. The average Bonchev–Trinajstić information content (AvgIpc) is 2.63. The maximum Gasteiger partial charge on any atom is 0.310 e. The van der Waals surface area contributed by atoms with E-state index in [4.69, 9.17) is 10.5 Å². The topological polar surface area (TPSA) is 84.6 Å². The summed E-state index contributed by atoms with van der Waals surface area (Å²) in [6, 6.07) is 0.437. The van der Waals surface area contributed by atoms with Crippen LogP contribution in [0.4, 0.5) is 17.3 Å². The monoisotopic (exact) mass is 347 g/mol. The number of nitrogen functional groups attached to an aromatic ring is 1. The molecule has 3 rings (SSSR count). The van der Waals surface area contributed by atoms with Crippen molar-refractivity contribution < 1.29 is 9.53 Å². The number of carbonyl (C=O) groups is 1. The van der Waals surface area contributed by atoms with Crippen molar-refractivity contribution in [1.82, 2.24) is 9.97 Å². The molecule has 3 heterocycles. The first-order chi connectivity index (χ1) is 12.1. The molecule has 0 spiro atoms. The molecule has 138 valence electrons. The highest BCUT2D eigenvalue weighted by Gasteiger charge is 2.30.